The summed E-state index contributed by atoms with van der Waals surface area (Å²) in [5, 5.41) is 0.237. The van der Waals surface area contributed by atoms with Crippen LogP contribution in [0.4, 0.5) is 0 Å². The van der Waals surface area contributed by atoms with Crippen LogP contribution in [0.2, 0.25) is 18.1 Å². The van der Waals surface area contributed by atoms with E-state index in [1.807, 2.05) is 13.8 Å². The lowest BCUT2D eigenvalue weighted by Crippen LogP contribution is -2.42. The molecule has 0 aromatic heterocycles. The van der Waals surface area contributed by atoms with Crippen LogP contribution in [-0.4, -0.2) is 26.3 Å². The third-order valence-electron chi connectivity index (χ3n) is 5.43. The third kappa shape index (κ3) is 2.16. The number of ether oxygens (including phenoxy) is 2. The SMILES string of the molecule is CC1(C)O[C@@H]2[C@H](O1)[C@@H]1C[C@H]2C=C1O[Si](C)(C)C(C)(C)C. The summed E-state index contributed by atoms with van der Waals surface area (Å²) in [6.07, 6.45) is 3.88. The van der Waals surface area contributed by atoms with Gasteiger partial charge in [0.2, 0.25) is 8.32 Å². The van der Waals surface area contributed by atoms with Crippen LogP contribution in [0.25, 0.3) is 0 Å². The van der Waals surface area contributed by atoms with Gasteiger partial charge in [-0.3, -0.25) is 0 Å². The molecule has 0 aromatic rings. The first-order valence-electron chi connectivity index (χ1n) is 7.77. The molecule has 2 aliphatic carbocycles. The number of fused-ring (bicyclic) bond motifs is 5. The van der Waals surface area contributed by atoms with Gasteiger partial charge in [0, 0.05) is 11.8 Å². The Kier molecular flexibility index (Phi) is 3.00. The molecule has 1 aliphatic heterocycles. The van der Waals surface area contributed by atoms with Gasteiger partial charge in [-0.05, 0) is 44.5 Å². The molecule has 1 heterocycles. The molecule has 0 unspecified atom stereocenters. The summed E-state index contributed by atoms with van der Waals surface area (Å²) < 4.78 is 18.7. The fourth-order valence-corrected chi connectivity index (χ4v) is 4.47. The monoisotopic (exact) mass is 296 g/mol. The van der Waals surface area contributed by atoms with Crippen LogP contribution in [0.1, 0.15) is 41.0 Å². The molecule has 2 bridgehead atoms. The fraction of sp³-hybridized carbons (Fsp3) is 0.875. The molecule has 0 amide bonds. The fourth-order valence-electron chi connectivity index (χ4n) is 3.35. The molecule has 4 heteroatoms. The molecule has 0 N–H and O–H groups in total. The lowest BCUT2D eigenvalue weighted by molar-refractivity contribution is -0.157. The van der Waals surface area contributed by atoms with Gasteiger partial charge in [0.1, 0.15) is 0 Å². The van der Waals surface area contributed by atoms with Crippen LogP contribution in [0.3, 0.4) is 0 Å². The summed E-state index contributed by atoms with van der Waals surface area (Å²) in [4.78, 5) is 0. The Bertz CT molecular complexity index is 447. The van der Waals surface area contributed by atoms with Crippen molar-refractivity contribution in [3.8, 4) is 0 Å². The van der Waals surface area contributed by atoms with E-state index in [2.05, 4.69) is 39.9 Å². The lowest BCUT2D eigenvalue weighted by Gasteiger charge is -2.39. The Morgan fingerprint density at radius 3 is 2.40 bits per heavy atom. The summed E-state index contributed by atoms with van der Waals surface area (Å²) in [5.41, 5.74) is 0. The summed E-state index contributed by atoms with van der Waals surface area (Å²) in [7, 11) is -1.75. The predicted octanol–water partition coefficient (Wildman–Crippen LogP) is 4.06. The van der Waals surface area contributed by atoms with Crippen molar-refractivity contribution in [3.05, 3.63) is 11.8 Å². The third-order valence-corrected chi connectivity index (χ3v) is 9.79. The molecule has 0 radical (unpaired) electrons. The molecule has 0 aromatic carbocycles. The predicted molar refractivity (Wildman–Crippen MR) is 81.8 cm³/mol. The molecular formula is C16H28O3Si. The van der Waals surface area contributed by atoms with Crippen LogP contribution >= 0.6 is 0 Å². The van der Waals surface area contributed by atoms with E-state index in [1.54, 1.807) is 0 Å². The summed E-state index contributed by atoms with van der Waals surface area (Å²) in [5.74, 6) is 1.63. The van der Waals surface area contributed by atoms with Crippen molar-refractivity contribution in [3.63, 3.8) is 0 Å². The van der Waals surface area contributed by atoms with Gasteiger partial charge in [0.15, 0.2) is 5.79 Å². The van der Waals surface area contributed by atoms with Crippen molar-refractivity contribution < 1.29 is 13.9 Å². The van der Waals surface area contributed by atoms with Gasteiger partial charge < -0.3 is 13.9 Å². The van der Waals surface area contributed by atoms with E-state index in [0.29, 0.717) is 11.8 Å². The van der Waals surface area contributed by atoms with Crippen molar-refractivity contribution in [2.75, 3.05) is 0 Å². The lowest BCUT2D eigenvalue weighted by atomic mass is 10.0. The van der Waals surface area contributed by atoms with Crippen LogP contribution in [0, 0.1) is 11.8 Å². The topological polar surface area (TPSA) is 27.7 Å². The minimum atomic E-state index is -1.75. The zero-order valence-electron chi connectivity index (χ0n) is 13.8. The van der Waals surface area contributed by atoms with Crippen LogP contribution in [0.15, 0.2) is 11.8 Å². The maximum Gasteiger partial charge on any atom is 0.250 e. The molecule has 1 saturated heterocycles. The first kappa shape index (κ1) is 14.6. The van der Waals surface area contributed by atoms with E-state index in [-0.39, 0.29) is 17.2 Å². The summed E-state index contributed by atoms with van der Waals surface area (Å²) in [6.45, 7) is 15.5. The first-order chi connectivity index (χ1) is 9.00. The van der Waals surface area contributed by atoms with Gasteiger partial charge in [-0.25, -0.2) is 0 Å². The van der Waals surface area contributed by atoms with Crippen LogP contribution in [0.5, 0.6) is 0 Å². The molecule has 3 aliphatic rings. The molecule has 114 valence electrons. The van der Waals surface area contributed by atoms with E-state index < -0.39 is 14.1 Å². The molecule has 2 fully saturated rings. The molecule has 1 saturated carbocycles. The summed E-state index contributed by atoms with van der Waals surface area (Å²) in [6, 6.07) is 0. The minimum Gasteiger partial charge on any atom is -0.546 e. The van der Waals surface area contributed by atoms with Gasteiger partial charge in [0.05, 0.1) is 18.0 Å². The average molecular weight is 296 g/mol. The van der Waals surface area contributed by atoms with Crippen molar-refractivity contribution in [1.29, 1.82) is 0 Å². The molecule has 3 rings (SSSR count). The highest BCUT2D eigenvalue weighted by molar-refractivity contribution is 6.74. The highest BCUT2D eigenvalue weighted by Crippen LogP contribution is 2.54. The second-order valence-corrected chi connectivity index (χ2v) is 13.2. The minimum absolute atomic E-state index is 0.194. The van der Waals surface area contributed by atoms with Crippen molar-refractivity contribution in [1.82, 2.24) is 0 Å². The maximum absolute atomic E-state index is 6.54. The smallest absolute Gasteiger partial charge is 0.250 e. The van der Waals surface area contributed by atoms with E-state index >= 15 is 0 Å². The normalized spacial score (nSPS) is 38.9. The van der Waals surface area contributed by atoms with Gasteiger partial charge in [-0.15, -0.1) is 0 Å². The maximum atomic E-state index is 6.54. The molecule has 0 spiro atoms. The van der Waals surface area contributed by atoms with Gasteiger partial charge in [-0.2, -0.15) is 0 Å². The highest BCUT2D eigenvalue weighted by Gasteiger charge is 2.58. The quantitative estimate of drug-likeness (QED) is 0.719. The zero-order valence-corrected chi connectivity index (χ0v) is 14.8. The Hall–Kier alpha value is -0.323. The second kappa shape index (κ2) is 4.11. The van der Waals surface area contributed by atoms with Gasteiger partial charge in [0.25, 0.3) is 0 Å². The van der Waals surface area contributed by atoms with Crippen LogP contribution < -0.4 is 0 Å². The largest absolute Gasteiger partial charge is 0.546 e. The molecule has 3 nitrogen and oxygen atoms in total. The van der Waals surface area contributed by atoms with Crippen molar-refractivity contribution in [2.45, 2.75) is 77.2 Å². The first-order valence-corrected chi connectivity index (χ1v) is 10.7. The Balaban J connectivity index is 1.77. The van der Waals surface area contributed by atoms with E-state index in [0.717, 1.165) is 6.42 Å². The molecular weight excluding hydrogens is 268 g/mol. The van der Waals surface area contributed by atoms with Crippen molar-refractivity contribution in [2.24, 2.45) is 11.8 Å². The van der Waals surface area contributed by atoms with Crippen LogP contribution in [-0.2, 0) is 13.9 Å². The molecule has 4 atom stereocenters. The average Bonchev–Trinajstić information content (AvgIpc) is 2.83. The Labute approximate surface area is 123 Å². The second-order valence-electron chi connectivity index (χ2n) is 8.50. The van der Waals surface area contributed by atoms with Gasteiger partial charge >= 0.3 is 0 Å². The number of rotatable bonds is 2. The highest BCUT2D eigenvalue weighted by atomic mass is 28.4. The van der Waals surface area contributed by atoms with E-state index in [1.165, 1.54) is 5.76 Å². The standard InChI is InChI=1S/C16H28O3Si/c1-15(2,3)20(6,7)19-12-9-10-8-11(12)14-13(10)17-16(4,5)18-14/h9-11,13-14H,8H2,1-7H3/t10-,11+,13-,14+/m0/s1. The van der Waals surface area contributed by atoms with E-state index in [9.17, 15) is 0 Å². The number of hydrogen-bond donors (Lipinski definition) is 0. The Morgan fingerprint density at radius 1 is 1.20 bits per heavy atom. The number of hydrogen-bond acceptors (Lipinski definition) is 3. The van der Waals surface area contributed by atoms with Gasteiger partial charge in [-0.1, -0.05) is 20.8 Å². The molecule has 20 heavy (non-hydrogen) atoms. The summed E-state index contributed by atoms with van der Waals surface area (Å²) >= 11 is 0. The van der Waals surface area contributed by atoms with Crippen molar-refractivity contribution >= 4 is 8.32 Å². The Morgan fingerprint density at radius 2 is 1.80 bits per heavy atom. The zero-order chi connectivity index (χ0) is 14.9. The van der Waals surface area contributed by atoms with E-state index in [4.69, 9.17) is 13.9 Å².